The second-order valence-electron chi connectivity index (χ2n) is 4.17. The molecule has 1 unspecified atom stereocenters. The Hall–Kier alpha value is -0.770. The van der Waals surface area contributed by atoms with Gasteiger partial charge < -0.3 is 14.6 Å². The molecule has 17 heavy (non-hydrogen) atoms. The van der Waals surface area contributed by atoms with Crippen LogP contribution < -0.4 is 4.74 Å². The molecule has 0 fully saturated rings. The van der Waals surface area contributed by atoms with E-state index in [1.54, 1.807) is 6.07 Å². The van der Waals surface area contributed by atoms with Gasteiger partial charge in [-0.2, -0.15) is 0 Å². The van der Waals surface area contributed by atoms with Crippen molar-refractivity contribution in [3.05, 3.63) is 28.8 Å². The highest BCUT2D eigenvalue weighted by Crippen LogP contribution is 2.44. The van der Waals surface area contributed by atoms with Crippen LogP contribution in [0.5, 0.6) is 5.75 Å². The lowest BCUT2D eigenvalue weighted by Crippen LogP contribution is -2.43. The Kier molecular flexibility index (Phi) is 3.61. The van der Waals surface area contributed by atoms with E-state index >= 15 is 0 Å². The van der Waals surface area contributed by atoms with Crippen molar-refractivity contribution in [3.8, 4) is 5.75 Å². The van der Waals surface area contributed by atoms with Crippen LogP contribution in [-0.4, -0.2) is 17.5 Å². The third-order valence-electron chi connectivity index (χ3n) is 3.23. The van der Waals surface area contributed by atoms with E-state index in [1.807, 2.05) is 26.0 Å². The second kappa shape index (κ2) is 4.84. The Balaban J connectivity index is 2.47. The van der Waals surface area contributed by atoms with Crippen molar-refractivity contribution in [1.82, 2.24) is 0 Å². The lowest BCUT2D eigenvalue weighted by molar-refractivity contribution is -0.239. The van der Waals surface area contributed by atoms with Gasteiger partial charge in [0.25, 0.3) is 0 Å². The fourth-order valence-electron chi connectivity index (χ4n) is 2.12. The second-order valence-corrected chi connectivity index (χ2v) is 4.57. The van der Waals surface area contributed by atoms with E-state index in [4.69, 9.17) is 21.1 Å². The molecule has 94 valence electrons. The van der Waals surface area contributed by atoms with E-state index in [9.17, 15) is 5.11 Å². The van der Waals surface area contributed by atoms with Crippen molar-refractivity contribution in [2.24, 2.45) is 0 Å². The number of fused-ring (bicyclic) bond motifs is 1. The zero-order valence-corrected chi connectivity index (χ0v) is 10.8. The molecule has 1 atom stereocenters. The van der Waals surface area contributed by atoms with Crippen molar-refractivity contribution in [2.75, 3.05) is 6.61 Å². The SMILES string of the molecule is CCC1(CC)Oc2c(Cl)cccc2C(CO)O1. The van der Waals surface area contributed by atoms with Gasteiger partial charge in [-0.25, -0.2) is 0 Å². The Morgan fingerprint density at radius 1 is 1.35 bits per heavy atom. The van der Waals surface area contributed by atoms with Crippen molar-refractivity contribution >= 4 is 11.6 Å². The van der Waals surface area contributed by atoms with Crippen molar-refractivity contribution in [3.63, 3.8) is 0 Å². The van der Waals surface area contributed by atoms with Crippen LogP contribution >= 0.6 is 11.6 Å². The maximum atomic E-state index is 9.43. The van der Waals surface area contributed by atoms with E-state index in [0.717, 1.165) is 5.56 Å². The van der Waals surface area contributed by atoms with Crippen molar-refractivity contribution in [1.29, 1.82) is 0 Å². The number of aliphatic hydroxyl groups is 1. The summed E-state index contributed by atoms with van der Waals surface area (Å²) in [4.78, 5) is 0. The summed E-state index contributed by atoms with van der Waals surface area (Å²) in [6.45, 7) is 3.93. The van der Waals surface area contributed by atoms with Gasteiger partial charge in [0.15, 0.2) is 0 Å². The first-order valence-corrected chi connectivity index (χ1v) is 6.29. The minimum atomic E-state index is -0.675. The maximum Gasteiger partial charge on any atom is 0.210 e. The summed E-state index contributed by atoms with van der Waals surface area (Å²) in [6.07, 6.45) is 1.06. The number of aliphatic hydroxyl groups excluding tert-OH is 1. The number of hydrogen-bond donors (Lipinski definition) is 1. The van der Waals surface area contributed by atoms with Gasteiger partial charge >= 0.3 is 0 Å². The maximum absolute atomic E-state index is 9.43. The first-order chi connectivity index (χ1) is 8.15. The van der Waals surface area contributed by atoms with Crippen LogP contribution in [0.25, 0.3) is 0 Å². The Labute approximate surface area is 106 Å². The quantitative estimate of drug-likeness (QED) is 0.902. The fraction of sp³-hybridized carbons (Fsp3) is 0.538. The van der Waals surface area contributed by atoms with Gasteiger partial charge in [0.2, 0.25) is 5.79 Å². The molecule has 1 aliphatic heterocycles. The highest BCUT2D eigenvalue weighted by molar-refractivity contribution is 6.32. The lowest BCUT2D eigenvalue weighted by Gasteiger charge is -2.41. The molecule has 1 aromatic rings. The third kappa shape index (κ3) is 2.15. The number of hydrogen-bond acceptors (Lipinski definition) is 3. The van der Waals surface area contributed by atoms with Gasteiger partial charge in [0.05, 0.1) is 11.6 Å². The normalized spacial score (nSPS) is 21.8. The summed E-state index contributed by atoms with van der Waals surface area (Å²) < 4.78 is 11.8. The van der Waals surface area contributed by atoms with Crippen LogP contribution in [0.15, 0.2) is 18.2 Å². The van der Waals surface area contributed by atoms with Crippen LogP contribution in [0.1, 0.15) is 38.4 Å². The first-order valence-electron chi connectivity index (χ1n) is 5.92. The number of para-hydroxylation sites is 1. The average molecular weight is 257 g/mol. The van der Waals surface area contributed by atoms with E-state index in [2.05, 4.69) is 0 Å². The summed E-state index contributed by atoms with van der Waals surface area (Å²) in [5, 5.41) is 9.99. The molecule has 0 spiro atoms. The largest absolute Gasteiger partial charge is 0.460 e. The third-order valence-corrected chi connectivity index (χ3v) is 3.53. The Bertz CT molecular complexity index is 402. The molecule has 1 aliphatic rings. The van der Waals surface area contributed by atoms with E-state index in [-0.39, 0.29) is 12.7 Å². The molecule has 0 aromatic heterocycles. The molecular weight excluding hydrogens is 240 g/mol. The summed E-state index contributed by atoms with van der Waals surface area (Å²) in [6, 6.07) is 5.50. The van der Waals surface area contributed by atoms with Crippen LogP contribution in [0.3, 0.4) is 0 Å². The summed E-state index contributed by atoms with van der Waals surface area (Å²) in [5.41, 5.74) is 0.817. The standard InChI is InChI=1S/C13H17ClO3/c1-3-13(4-2)16-11(8-15)9-6-5-7-10(14)12(9)17-13/h5-7,11,15H,3-4,8H2,1-2H3. The summed E-state index contributed by atoms with van der Waals surface area (Å²) in [7, 11) is 0. The summed E-state index contributed by atoms with van der Waals surface area (Å²) in [5.74, 6) is -0.0334. The number of halogens is 1. The molecule has 1 aromatic carbocycles. The molecule has 2 rings (SSSR count). The van der Waals surface area contributed by atoms with Crippen LogP contribution in [0.2, 0.25) is 5.02 Å². The zero-order chi connectivity index (χ0) is 12.5. The molecule has 0 saturated heterocycles. The highest BCUT2D eigenvalue weighted by Gasteiger charge is 2.39. The average Bonchev–Trinajstić information content (AvgIpc) is 2.38. The number of ether oxygens (including phenoxy) is 2. The van der Waals surface area contributed by atoms with Crippen molar-refractivity contribution in [2.45, 2.75) is 38.6 Å². The topological polar surface area (TPSA) is 38.7 Å². The molecule has 0 saturated carbocycles. The lowest BCUT2D eigenvalue weighted by atomic mass is 10.0. The number of rotatable bonds is 3. The first kappa shape index (κ1) is 12.7. The summed E-state index contributed by atoms with van der Waals surface area (Å²) >= 11 is 6.14. The molecule has 0 amide bonds. The van der Waals surface area contributed by atoms with Crippen LogP contribution in [0, 0.1) is 0 Å². The zero-order valence-electron chi connectivity index (χ0n) is 10.1. The van der Waals surface area contributed by atoms with Crippen molar-refractivity contribution < 1.29 is 14.6 Å². The molecular formula is C13H17ClO3. The Morgan fingerprint density at radius 3 is 2.65 bits per heavy atom. The van der Waals surface area contributed by atoms with E-state index in [1.165, 1.54) is 0 Å². The smallest absolute Gasteiger partial charge is 0.210 e. The predicted octanol–water partition coefficient (Wildman–Crippen LogP) is 3.30. The monoisotopic (exact) mass is 256 g/mol. The van der Waals surface area contributed by atoms with Gasteiger partial charge in [-0.05, 0) is 6.07 Å². The molecule has 1 N–H and O–H groups in total. The van der Waals surface area contributed by atoms with Crippen LogP contribution in [-0.2, 0) is 4.74 Å². The Morgan fingerprint density at radius 2 is 2.06 bits per heavy atom. The fourth-order valence-corrected chi connectivity index (χ4v) is 2.34. The molecule has 0 aliphatic carbocycles. The molecule has 0 radical (unpaired) electrons. The van der Waals surface area contributed by atoms with E-state index in [0.29, 0.717) is 23.6 Å². The molecule has 4 heteroatoms. The molecule has 1 heterocycles. The van der Waals surface area contributed by atoms with Gasteiger partial charge in [-0.15, -0.1) is 0 Å². The van der Waals surface area contributed by atoms with E-state index < -0.39 is 5.79 Å². The molecule has 3 nitrogen and oxygen atoms in total. The van der Waals surface area contributed by atoms with Gasteiger partial charge in [-0.1, -0.05) is 37.6 Å². The van der Waals surface area contributed by atoms with Gasteiger partial charge in [0, 0.05) is 18.4 Å². The van der Waals surface area contributed by atoms with Crippen LogP contribution in [0.4, 0.5) is 0 Å². The van der Waals surface area contributed by atoms with Gasteiger partial charge in [0.1, 0.15) is 11.9 Å². The molecule has 0 bridgehead atoms. The predicted molar refractivity (Wildman–Crippen MR) is 66.3 cm³/mol. The van der Waals surface area contributed by atoms with Gasteiger partial charge in [-0.3, -0.25) is 0 Å². The number of benzene rings is 1. The highest BCUT2D eigenvalue weighted by atomic mass is 35.5. The minimum absolute atomic E-state index is 0.0710. The minimum Gasteiger partial charge on any atom is -0.460 e.